The highest BCUT2D eigenvalue weighted by atomic mass is 16.3. The maximum Gasteiger partial charge on any atom is 0.154 e. The molecule has 0 bridgehead atoms. The van der Waals surface area contributed by atoms with Gasteiger partial charge in [0.15, 0.2) is 5.76 Å². The molecule has 2 rings (SSSR count). The number of rotatable bonds is 4. The summed E-state index contributed by atoms with van der Waals surface area (Å²) >= 11 is 0. The van der Waals surface area contributed by atoms with Gasteiger partial charge in [-0.05, 0) is 31.5 Å². The number of aryl methyl sites for hydroxylation is 1. The van der Waals surface area contributed by atoms with Crippen LogP contribution < -0.4 is 5.73 Å². The Morgan fingerprint density at radius 2 is 2.40 bits per heavy atom. The molecule has 0 atom stereocenters. The molecular weight excluding hydrogens is 190 g/mol. The average Bonchev–Trinajstić information content (AvgIpc) is 2.85. The maximum atomic E-state index is 5.59. The van der Waals surface area contributed by atoms with Crippen LogP contribution in [-0.2, 0) is 12.8 Å². The molecule has 0 aliphatic heterocycles. The van der Waals surface area contributed by atoms with Crippen molar-refractivity contribution in [2.24, 2.45) is 5.73 Å². The second-order valence-corrected chi connectivity index (χ2v) is 3.40. The van der Waals surface area contributed by atoms with Gasteiger partial charge in [-0.15, -0.1) is 0 Å². The Bertz CT molecular complexity index is 417. The second-order valence-electron chi connectivity index (χ2n) is 3.40. The van der Waals surface area contributed by atoms with Gasteiger partial charge in [0.1, 0.15) is 5.69 Å². The molecule has 2 aromatic heterocycles. The molecule has 0 unspecified atom stereocenters. The number of aromatic amines is 1. The normalized spacial score (nSPS) is 10.8. The van der Waals surface area contributed by atoms with Crippen LogP contribution in [0.4, 0.5) is 0 Å². The van der Waals surface area contributed by atoms with E-state index in [1.807, 2.05) is 12.1 Å². The van der Waals surface area contributed by atoms with Gasteiger partial charge in [0.05, 0.1) is 6.26 Å². The van der Waals surface area contributed by atoms with E-state index in [2.05, 4.69) is 17.1 Å². The molecule has 0 spiro atoms. The van der Waals surface area contributed by atoms with Crippen molar-refractivity contribution in [3.05, 3.63) is 29.7 Å². The smallest absolute Gasteiger partial charge is 0.154 e. The van der Waals surface area contributed by atoms with E-state index in [0.29, 0.717) is 6.54 Å². The molecule has 2 heterocycles. The summed E-state index contributed by atoms with van der Waals surface area (Å²) in [5.41, 5.74) is 8.81. The second kappa shape index (κ2) is 4.31. The lowest BCUT2D eigenvalue weighted by Crippen LogP contribution is -2.04. The van der Waals surface area contributed by atoms with Crippen molar-refractivity contribution in [1.82, 2.24) is 10.2 Å². The first-order chi connectivity index (χ1) is 7.36. The van der Waals surface area contributed by atoms with E-state index in [-0.39, 0.29) is 0 Å². The lowest BCUT2D eigenvalue weighted by atomic mass is 10.1. The highest BCUT2D eigenvalue weighted by molar-refractivity contribution is 5.58. The van der Waals surface area contributed by atoms with Crippen LogP contribution in [0, 0.1) is 0 Å². The van der Waals surface area contributed by atoms with Crippen molar-refractivity contribution in [2.75, 3.05) is 6.54 Å². The molecule has 0 aliphatic carbocycles. The third-order valence-corrected chi connectivity index (χ3v) is 2.46. The number of nitrogens with two attached hydrogens (primary N) is 1. The molecule has 15 heavy (non-hydrogen) atoms. The average molecular weight is 205 g/mol. The van der Waals surface area contributed by atoms with Crippen molar-refractivity contribution in [2.45, 2.75) is 19.8 Å². The SMILES string of the molecule is CCc1[nH]nc(-c2ccco2)c1CCN. The van der Waals surface area contributed by atoms with Crippen LogP contribution in [-0.4, -0.2) is 16.7 Å². The zero-order valence-electron chi connectivity index (χ0n) is 8.79. The van der Waals surface area contributed by atoms with Crippen molar-refractivity contribution in [3.8, 4) is 11.5 Å². The predicted octanol–water partition coefficient (Wildman–Crippen LogP) is 1.73. The third kappa shape index (κ3) is 1.80. The first-order valence-corrected chi connectivity index (χ1v) is 5.16. The van der Waals surface area contributed by atoms with Gasteiger partial charge in [0.25, 0.3) is 0 Å². The number of hydrogen-bond donors (Lipinski definition) is 2. The first-order valence-electron chi connectivity index (χ1n) is 5.16. The largest absolute Gasteiger partial charge is 0.463 e. The van der Waals surface area contributed by atoms with Crippen LogP contribution in [0.2, 0.25) is 0 Å². The van der Waals surface area contributed by atoms with Crippen LogP contribution in [0.25, 0.3) is 11.5 Å². The summed E-state index contributed by atoms with van der Waals surface area (Å²) in [5.74, 6) is 0.800. The topological polar surface area (TPSA) is 67.8 Å². The third-order valence-electron chi connectivity index (χ3n) is 2.46. The van der Waals surface area contributed by atoms with Crippen molar-refractivity contribution < 1.29 is 4.42 Å². The van der Waals surface area contributed by atoms with E-state index < -0.39 is 0 Å². The zero-order chi connectivity index (χ0) is 10.7. The molecule has 4 heteroatoms. The monoisotopic (exact) mass is 205 g/mol. The summed E-state index contributed by atoms with van der Waals surface area (Å²) in [6.45, 7) is 2.72. The number of nitrogens with one attached hydrogen (secondary N) is 1. The molecule has 4 nitrogen and oxygen atoms in total. The molecule has 80 valence electrons. The lowest BCUT2D eigenvalue weighted by molar-refractivity contribution is 0.579. The van der Waals surface area contributed by atoms with E-state index in [0.717, 1.165) is 30.0 Å². The Morgan fingerprint density at radius 1 is 1.53 bits per heavy atom. The summed E-state index contributed by atoms with van der Waals surface area (Å²) in [7, 11) is 0. The summed E-state index contributed by atoms with van der Waals surface area (Å²) in [5, 5.41) is 7.31. The Labute approximate surface area is 88.5 Å². The fraction of sp³-hybridized carbons (Fsp3) is 0.364. The van der Waals surface area contributed by atoms with Crippen LogP contribution in [0.3, 0.4) is 0 Å². The predicted molar refractivity (Wildman–Crippen MR) is 58.4 cm³/mol. The quantitative estimate of drug-likeness (QED) is 0.798. The van der Waals surface area contributed by atoms with Gasteiger partial charge in [0, 0.05) is 11.3 Å². The van der Waals surface area contributed by atoms with Crippen LogP contribution >= 0.6 is 0 Å². The maximum absolute atomic E-state index is 5.59. The molecule has 0 fully saturated rings. The molecule has 0 saturated carbocycles. The Morgan fingerprint density at radius 3 is 3.00 bits per heavy atom. The molecule has 0 aromatic carbocycles. The summed E-state index contributed by atoms with van der Waals surface area (Å²) in [6, 6.07) is 3.78. The fourth-order valence-electron chi connectivity index (χ4n) is 1.72. The van der Waals surface area contributed by atoms with E-state index in [1.54, 1.807) is 6.26 Å². The molecular formula is C11H15N3O. The molecule has 0 radical (unpaired) electrons. The lowest BCUT2D eigenvalue weighted by Gasteiger charge is -2.00. The minimum absolute atomic E-state index is 0.625. The van der Waals surface area contributed by atoms with E-state index in [4.69, 9.17) is 10.2 Å². The van der Waals surface area contributed by atoms with Gasteiger partial charge < -0.3 is 10.2 Å². The van der Waals surface area contributed by atoms with Gasteiger partial charge in [-0.2, -0.15) is 5.10 Å². The van der Waals surface area contributed by atoms with E-state index >= 15 is 0 Å². The fourth-order valence-corrected chi connectivity index (χ4v) is 1.72. The number of aromatic nitrogens is 2. The van der Waals surface area contributed by atoms with Crippen molar-refractivity contribution in [3.63, 3.8) is 0 Å². The summed E-state index contributed by atoms with van der Waals surface area (Å²) in [6.07, 6.45) is 3.42. The number of hydrogen-bond acceptors (Lipinski definition) is 3. The molecule has 0 aliphatic rings. The number of nitrogens with zero attached hydrogens (tertiary/aromatic N) is 1. The Hall–Kier alpha value is -1.55. The summed E-state index contributed by atoms with van der Waals surface area (Å²) in [4.78, 5) is 0. The molecule has 0 amide bonds. The van der Waals surface area contributed by atoms with Gasteiger partial charge in [-0.3, -0.25) is 5.10 Å². The van der Waals surface area contributed by atoms with Gasteiger partial charge in [-0.1, -0.05) is 6.92 Å². The van der Waals surface area contributed by atoms with Gasteiger partial charge >= 0.3 is 0 Å². The molecule has 2 aromatic rings. The number of furan rings is 1. The van der Waals surface area contributed by atoms with Crippen molar-refractivity contribution in [1.29, 1.82) is 0 Å². The van der Waals surface area contributed by atoms with Gasteiger partial charge in [0.2, 0.25) is 0 Å². The van der Waals surface area contributed by atoms with Gasteiger partial charge in [-0.25, -0.2) is 0 Å². The minimum Gasteiger partial charge on any atom is -0.463 e. The molecule has 0 saturated heterocycles. The zero-order valence-corrected chi connectivity index (χ0v) is 8.79. The van der Waals surface area contributed by atoms with Crippen LogP contribution in [0.1, 0.15) is 18.2 Å². The highest BCUT2D eigenvalue weighted by Crippen LogP contribution is 2.24. The first kappa shape index (κ1) is 9.98. The van der Waals surface area contributed by atoms with Crippen LogP contribution in [0.15, 0.2) is 22.8 Å². The molecule has 3 N–H and O–H groups in total. The number of H-pyrrole nitrogens is 1. The van der Waals surface area contributed by atoms with E-state index in [1.165, 1.54) is 5.56 Å². The van der Waals surface area contributed by atoms with E-state index in [9.17, 15) is 0 Å². The van der Waals surface area contributed by atoms with Crippen LogP contribution in [0.5, 0.6) is 0 Å². The Kier molecular flexibility index (Phi) is 2.87. The van der Waals surface area contributed by atoms with Crippen molar-refractivity contribution >= 4 is 0 Å². The Balaban J connectivity index is 2.43. The minimum atomic E-state index is 0.625. The highest BCUT2D eigenvalue weighted by Gasteiger charge is 2.14. The standard InChI is InChI=1S/C11H15N3O/c1-2-9-8(5-6-12)11(14-13-9)10-4-3-7-15-10/h3-4,7H,2,5-6,12H2,1H3,(H,13,14). The summed E-state index contributed by atoms with van der Waals surface area (Å²) < 4.78 is 5.34.